The van der Waals surface area contributed by atoms with E-state index in [-0.39, 0.29) is 35.3 Å². The van der Waals surface area contributed by atoms with E-state index < -0.39 is 0 Å². The van der Waals surface area contributed by atoms with Crippen molar-refractivity contribution in [2.45, 2.75) is 0 Å². The van der Waals surface area contributed by atoms with Gasteiger partial charge in [-0.2, -0.15) is 0 Å². The molecule has 0 N–H and O–H groups in total. The van der Waals surface area contributed by atoms with Crippen molar-refractivity contribution < 1.29 is 0 Å². The van der Waals surface area contributed by atoms with Crippen LogP contribution >= 0.6 is 81.2 Å². The van der Waals surface area contributed by atoms with Gasteiger partial charge < -0.3 is 0 Å². The highest BCUT2D eigenvalue weighted by molar-refractivity contribution is 6.57. The summed E-state index contributed by atoms with van der Waals surface area (Å²) in [5.74, 6) is 0. The van der Waals surface area contributed by atoms with E-state index in [0.29, 0.717) is 11.1 Å². The van der Waals surface area contributed by atoms with Crippen molar-refractivity contribution in [2.24, 2.45) is 0 Å². The Balaban J connectivity index is 2.87. The van der Waals surface area contributed by atoms with Gasteiger partial charge in [0, 0.05) is 17.3 Å². The summed E-state index contributed by atoms with van der Waals surface area (Å²) in [4.78, 5) is 3.84. The quantitative estimate of drug-likeness (QED) is 0.280. The van der Waals surface area contributed by atoms with Crippen LogP contribution in [-0.2, 0) is 0 Å². The number of halogens is 7. The highest BCUT2D eigenvalue weighted by Crippen LogP contribution is 2.49. The van der Waals surface area contributed by atoms with Gasteiger partial charge in [-0.1, -0.05) is 81.2 Å². The predicted molar refractivity (Wildman–Crippen MR) is 84.7 cm³/mol. The minimum atomic E-state index is 0.0818. The molecule has 1 aromatic heterocycles. The normalized spacial score (nSPS) is 10.9. The molecule has 0 aliphatic heterocycles. The maximum Gasteiger partial charge on any atom is 0.148 e. The molecule has 0 spiro atoms. The molecular weight excluding hydrogens is 394 g/mol. The summed E-state index contributed by atoms with van der Waals surface area (Å²) in [6.07, 6.45) is 1.46. The number of rotatable bonds is 1. The first kappa shape index (κ1) is 15.8. The summed E-state index contributed by atoms with van der Waals surface area (Å²) in [5, 5.41) is 0.873. The summed E-state index contributed by atoms with van der Waals surface area (Å²) >= 11 is 42.2. The van der Waals surface area contributed by atoms with Gasteiger partial charge in [0.05, 0.1) is 30.1 Å². The van der Waals surface area contributed by atoms with Gasteiger partial charge in [-0.15, -0.1) is 0 Å². The highest BCUT2D eigenvalue weighted by Gasteiger charge is 2.22. The minimum absolute atomic E-state index is 0.0818. The Morgan fingerprint density at radius 1 is 0.632 bits per heavy atom. The zero-order chi connectivity index (χ0) is 14.3. The maximum absolute atomic E-state index is 6.15. The standard InChI is InChI=1S/C11H2Cl7N/c12-5-3(1-2-19-11(5)18)4-6(13)8(15)10(17)9(16)7(4)14/h1-2H. The van der Waals surface area contributed by atoms with Crippen LogP contribution in [0.3, 0.4) is 0 Å². The Bertz CT molecular complexity index is 640. The van der Waals surface area contributed by atoms with E-state index in [1.54, 1.807) is 6.07 Å². The average Bonchev–Trinajstić information content (AvgIpc) is 2.39. The van der Waals surface area contributed by atoms with E-state index >= 15 is 0 Å². The van der Waals surface area contributed by atoms with Crippen LogP contribution in [0, 0.1) is 0 Å². The van der Waals surface area contributed by atoms with E-state index in [4.69, 9.17) is 81.2 Å². The van der Waals surface area contributed by atoms with Crippen LogP contribution < -0.4 is 0 Å². The van der Waals surface area contributed by atoms with Crippen molar-refractivity contribution in [1.82, 2.24) is 4.98 Å². The lowest BCUT2D eigenvalue weighted by Gasteiger charge is -2.14. The van der Waals surface area contributed by atoms with Gasteiger partial charge in [-0.25, -0.2) is 4.98 Å². The molecule has 0 radical (unpaired) electrons. The molecular formula is C11H2Cl7N. The van der Waals surface area contributed by atoms with Crippen LogP contribution in [0.15, 0.2) is 12.3 Å². The molecule has 0 saturated heterocycles. The number of aromatic nitrogens is 1. The molecule has 0 unspecified atom stereocenters. The fraction of sp³-hybridized carbons (Fsp3) is 0. The van der Waals surface area contributed by atoms with Gasteiger partial charge >= 0.3 is 0 Å². The van der Waals surface area contributed by atoms with Crippen molar-refractivity contribution in [3.8, 4) is 11.1 Å². The first-order valence-corrected chi connectivity index (χ1v) is 7.32. The van der Waals surface area contributed by atoms with Crippen molar-refractivity contribution in [2.75, 3.05) is 0 Å². The lowest BCUT2D eigenvalue weighted by Crippen LogP contribution is -1.89. The van der Waals surface area contributed by atoms with Crippen LogP contribution in [0.1, 0.15) is 0 Å². The topological polar surface area (TPSA) is 12.9 Å². The fourth-order valence-electron chi connectivity index (χ4n) is 1.45. The summed E-state index contributed by atoms with van der Waals surface area (Å²) in [7, 11) is 0. The summed E-state index contributed by atoms with van der Waals surface area (Å²) in [6.45, 7) is 0. The molecule has 0 fully saturated rings. The predicted octanol–water partition coefficient (Wildman–Crippen LogP) is 7.32. The Hall–Kier alpha value is 0.400. The van der Waals surface area contributed by atoms with Crippen LogP contribution in [0.2, 0.25) is 35.3 Å². The number of hydrogen-bond donors (Lipinski definition) is 0. The minimum Gasteiger partial charge on any atom is -0.243 e. The van der Waals surface area contributed by atoms with Crippen LogP contribution in [0.4, 0.5) is 0 Å². The average molecular weight is 396 g/mol. The van der Waals surface area contributed by atoms with Gasteiger partial charge in [-0.3, -0.25) is 0 Å². The van der Waals surface area contributed by atoms with Crippen LogP contribution in [0.5, 0.6) is 0 Å². The van der Waals surface area contributed by atoms with Gasteiger partial charge in [0.2, 0.25) is 0 Å². The van der Waals surface area contributed by atoms with E-state index in [2.05, 4.69) is 4.98 Å². The number of nitrogens with zero attached hydrogens (tertiary/aromatic N) is 1. The molecule has 1 aromatic carbocycles. The van der Waals surface area contributed by atoms with Crippen molar-refractivity contribution in [3.63, 3.8) is 0 Å². The van der Waals surface area contributed by atoms with Crippen LogP contribution in [-0.4, -0.2) is 4.98 Å². The molecule has 0 amide bonds. The maximum atomic E-state index is 6.15. The van der Waals surface area contributed by atoms with Gasteiger partial charge in [0.1, 0.15) is 5.15 Å². The van der Waals surface area contributed by atoms with Crippen LogP contribution in [0.25, 0.3) is 11.1 Å². The molecule has 0 aliphatic rings. The Morgan fingerprint density at radius 3 is 1.63 bits per heavy atom. The lowest BCUT2D eigenvalue weighted by molar-refractivity contribution is 1.33. The Kier molecular flexibility index (Phi) is 5.01. The Labute approximate surface area is 144 Å². The number of pyridine rings is 1. The largest absolute Gasteiger partial charge is 0.243 e. The second kappa shape index (κ2) is 6.03. The Morgan fingerprint density at radius 2 is 1.11 bits per heavy atom. The summed E-state index contributed by atoms with van der Waals surface area (Å²) < 4.78 is 0. The van der Waals surface area contributed by atoms with Crippen molar-refractivity contribution in [3.05, 3.63) is 47.6 Å². The molecule has 1 nitrogen and oxygen atoms in total. The second-order valence-electron chi connectivity index (χ2n) is 3.41. The second-order valence-corrected chi connectivity index (χ2v) is 6.03. The van der Waals surface area contributed by atoms with E-state index in [1.807, 2.05) is 0 Å². The van der Waals surface area contributed by atoms with Gasteiger partial charge in [-0.05, 0) is 6.07 Å². The van der Waals surface area contributed by atoms with E-state index in [9.17, 15) is 0 Å². The molecule has 0 saturated carbocycles. The molecule has 1 heterocycles. The molecule has 2 aromatic rings. The first-order valence-electron chi connectivity index (χ1n) is 4.68. The highest BCUT2D eigenvalue weighted by atomic mass is 35.5. The molecule has 2 rings (SSSR count). The SMILES string of the molecule is Clc1nccc(-c2c(Cl)c(Cl)c(Cl)c(Cl)c2Cl)c1Cl. The molecule has 0 aliphatic carbocycles. The van der Waals surface area contributed by atoms with E-state index in [1.165, 1.54) is 6.20 Å². The lowest BCUT2D eigenvalue weighted by atomic mass is 10.1. The smallest absolute Gasteiger partial charge is 0.148 e. The number of benzene rings is 1. The zero-order valence-electron chi connectivity index (χ0n) is 8.75. The van der Waals surface area contributed by atoms with Gasteiger partial charge in [0.25, 0.3) is 0 Å². The third-order valence-electron chi connectivity index (χ3n) is 2.33. The third kappa shape index (κ3) is 2.75. The molecule has 0 atom stereocenters. The van der Waals surface area contributed by atoms with Crippen molar-refractivity contribution >= 4 is 81.2 Å². The summed E-state index contributed by atoms with van der Waals surface area (Å²) in [5.41, 5.74) is 0.828. The van der Waals surface area contributed by atoms with E-state index in [0.717, 1.165) is 0 Å². The molecule has 19 heavy (non-hydrogen) atoms. The fourth-order valence-corrected chi connectivity index (χ4v) is 3.16. The molecule has 100 valence electrons. The van der Waals surface area contributed by atoms with Gasteiger partial charge in [0.15, 0.2) is 0 Å². The summed E-state index contributed by atoms with van der Waals surface area (Å²) in [6, 6.07) is 1.60. The number of hydrogen-bond acceptors (Lipinski definition) is 1. The first-order chi connectivity index (χ1) is 8.86. The monoisotopic (exact) mass is 393 g/mol. The zero-order valence-corrected chi connectivity index (χ0v) is 14.0. The van der Waals surface area contributed by atoms with Crippen molar-refractivity contribution in [1.29, 1.82) is 0 Å². The molecule has 8 heteroatoms. The third-order valence-corrected chi connectivity index (χ3v) is 5.37. The molecule has 0 bridgehead atoms.